The highest BCUT2D eigenvalue weighted by atomic mass is 16.3. The Bertz CT molecular complexity index is 502. The number of aliphatic hydroxyl groups excluding tert-OH is 1. The molecule has 3 atom stereocenters. The predicted molar refractivity (Wildman–Crippen MR) is 76.6 cm³/mol. The molecule has 1 aromatic rings. The van der Waals surface area contributed by atoms with Crippen LogP contribution in [0.4, 0.5) is 0 Å². The molecular formula is C17H23NO. The lowest BCUT2D eigenvalue weighted by atomic mass is 9.66. The molecule has 102 valence electrons. The van der Waals surface area contributed by atoms with E-state index in [9.17, 15) is 10.4 Å². The van der Waals surface area contributed by atoms with Crippen LogP contribution in [0.2, 0.25) is 0 Å². The van der Waals surface area contributed by atoms with Gasteiger partial charge in [0.05, 0.1) is 17.6 Å². The SMILES string of the molecule is Cc1ccc(C(O)C2(C#N)CCCC(C)C2)cc1C. The number of aryl methyl sites for hydroxylation is 2. The second kappa shape index (κ2) is 5.35. The monoisotopic (exact) mass is 257 g/mol. The normalized spacial score (nSPS) is 28.7. The van der Waals surface area contributed by atoms with Gasteiger partial charge in [-0.05, 0) is 49.3 Å². The summed E-state index contributed by atoms with van der Waals surface area (Å²) in [4.78, 5) is 0. The molecular weight excluding hydrogens is 234 g/mol. The summed E-state index contributed by atoms with van der Waals surface area (Å²) in [6.07, 6.45) is 3.15. The van der Waals surface area contributed by atoms with Gasteiger partial charge in [-0.25, -0.2) is 0 Å². The van der Waals surface area contributed by atoms with Crippen molar-refractivity contribution in [2.24, 2.45) is 11.3 Å². The summed E-state index contributed by atoms with van der Waals surface area (Å²) in [7, 11) is 0. The molecule has 2 rings (SSSR count). The van der Waals surface area contributed by atoms with Crippen LogP contribution in [0.15, 0.2) is 18.2 Å². The number of aliphatic hydroxyl groups is 1. The zero-order valence-electron chi connectivity index (χ0n) is 12.1. The molecule has 0 amide bonds. The standard InChI is InChI=1S/C17H23NO/c1-12-5-4-8-17(10-12,11-18)16(19)15-7-6-13(2)14(3)9-15/h6-7,9,12,16,19H,4-5,8,10H2,1-3H3. The molecule has 1 aromatic carbocycles. The third-order valence-corrected chi connectivity index (χ3v) is 4.63. The lowest BCUT2D eigenvalue weighted by Gasteiger charge is -2.38. The van der Waals surface area contributed by atoms with Gasteiger partial charge >= 0.3 is 0 Å². The third-order valence-electron chi connectivity index (χ3n) is 4.63. The molecule has 0 heterocycles. The highest BCUT2D eigenvalue weighted by molar-refractivity contribution is 5.33. The first-order chi connectivity index (χ1) is 8.98. The Labute approximate surface area is 116 Å². The summed E-state index contributed by atoms with van der Waals surface area (Å²) < 4.78 is 0. The molecule has 0 saturated heterocycles. The van der Waals surface area contributed by atoms with Crippen molar-refractivity contribution in [1.29, 1.82) is 5.26 Å². The van der Waals surface area contributed by atoms with Gasteiger partial charge in [-0.1, -0.05) is 38.0 Å². The van der Waals surface area contributed by atoms with Crippen LogP contribution in [0.5, 0.6) is 0 Å². The Morgan fingerprint density at radius 3 is 2.68 bits per heavy atom. The predicted octanol–water partition coefficient (Wildman–Crippen LogP) is 4.06. The van der Waals surface area contributed by atoms with Gasteiger partial charge in [0.15, 0.2) is 0 Å². The molecule has 0 radical (unpaired) electrons. The molecule has 0 bridgehead atoms. The van der Waals surface area contributed by atoms with E-state index < -0.39 is 11.5 Å². The van der Waals surface area contributed by atoms with Gasteiger partial charge < -0.3 is 5.11 Å². The topological polar surface area (TPSA) is 44.0 Å². The van der Waals surface area contributed by atoms with Crippen LogP contribution in [-0.2, 0) is 0 Å². The van der Waals surface area contributed by atoms with E-state index in [1.807, 2.05) is 25.1 Å². The van der Waals surface area contributed by atoms with Crippen LogP contribution in [0.1, 0.15) is 55.4 Å². The zero-order chi connectivity index (χ0) is 14.0. The lowest BCUT2D eigenvalue weighted by molar-refractivity contribution is 0.0219. The highest BCUT2D eigenvalue weighted by Gasteiger charge is 2.42. The van der Waals surface area contributed by atoms with E-state index in [1.54, 1.807) is 0 Å². The van der Waals surface area contributed by atoms with Gasteiger partial charge in [0.2, 0.25) is 0 Å². The minimum atomic E-state index is -0.667. The van der Waals surface area contributed by atoms with Gasteiger partial charge in [0.1, 0.15) is 0 Å². The Hall–Kier alpha value is -1.33. The van der Waals surface area contributed by atoms with Crippen molar-refractivity contribution in [3.05, 3.63) is 34.9 Å². The number of hydrogen-bond acceptors (Lipinski definition) is 2. The summed E-state index contributed by atoms with van der Waals surface area (Å²) >= 11 is 0. The third kappa shape index (κ3) is 2.67. The summed E-state index contributed by atoms with van der Waals surface area (Å²) in [5, 5.41) is 20.3. The van der Waals surface area contributed by atoms with Gasteiger partial charge in [-0.15, -0.1) is 0 Å². The molecule has 1 N–H and O–H groups in total. The number of rotatable bonds is 2. The van der Waals surface area contributed by atoms with Crippen LogP contribution in [0.25, 0.3) is 0 Å². The minimum absolute atomic E-state index is 0.523. The molecule has 0 aliphatic heterocycles. The van der Waals surface area contributed by atoms with Gasteiger partial charge in [-0.3, -0.25) is 0 Å². The molecule has 1 aliphatic carbocycles. The quantitative estimate of drug-likeness (QED) is 0.868. The molecule has 1 fully saturated rings. The summed E-state index contributed by atoms with van der Waals surface area (Å²) in [6.45, 7) is 6.29. The molecule has 3 unspecified atom stereocenters. The second-order valence-corrected chi connectivity index (χ2v) is 6.22. The van der Waals surface area contributed by atoms with E-state index in [2.05, 4.69) is 19.9 Å². The largest absolute Gasteiger partial charge is 0.387 e. The maximum absolute atomic E-state index is 10.7. The van der Waals surface area contributed by atoms with E-state index in [1.165, 1.54) is 17.5 Å². The van der Waals surface area contributed by atoms with Crippen molar-refractivity contribution >= 4 is 0 Å². The Balaban J connectivity index is 2.32. The number of benzene rings is 1. The molecule has 2 heteroatoms. The van der Waals surface area contributed by atoms with E-state index in [0.717, 1.165) is 24.8 Å². The molecule has 1 saturated carbocycles. The van der Waals surface area contributed by atoms with Crippen molar-refractivity contribution in [3.8, 4) is 6.07 Å². The van der Waals surface area contributed by atoms with Gasteiger partial charge in [-0.2, -0.15) is 5.26 Å². The number of hydrogen-bond donors (Lipinski definition) is 1. The average molecular weight is 257 g/mol. The number of nitrogens with zero attached hydrogens (tertiary/aromatic N) is 1. The van der Waals surface area contributed by atoms with E-state index in [-0.39, 0.29) is 0 Å². The average Bonchev–Trinajstić information content (AvgIpc) is 2.41. The Morgan fingerprint density at radius 1 is 1.37 bits per heavy atom. The zero-order valence-corrected chi connectivity index (χ0v) is 12.1. The fraction of sp³-hybridized carbons (Fsp3) is 0.588. The smallest absolute Gasteiger partial charge is 0.0976 e. The summed E-state index contributed by atoms with van der Waals surface area (Å²) in [5.41, 5.74) is 2.69. The first-order valence-electron chi connectivity index (χ1n) is 7.15. The van der Waals surface area contributed by atoms with Crippen LogP contribution in [-0.4, -0.2) is 5.11 Å². The second-order valence-electron chi connectivity index (χ2n) is 6.22. The van der Waals surface area contributed by atoms with Crippen molar-refractivity contribution < 1.29 is 5.11 Å². The molecule has 0 spiro atoms. The van der Waals surface area contributed by atoms with E-state index in [4.69, 9.17) is 0 Å². The van der Waals surface area contributed by atoms with Crippen molar-refractivity contribution in [2.45, 2.75) is 52.6 Å². The highest BCUT2D eigenvalue weighted by Crippen LogP contribution is 2.47. The van der Waals surface area contributed by atoms with Crippen LogP contribution in [0.3, 0.4) is 0 Å². The van der Waals surface area contributed by atoms with E-state index >= 15 is 0 Å². The molecule has 1 aliphatic rings. The number of nitriles is 1. The fourth-order valence-electron chi connectivity index (χ4n) is 3.26. The maximum atomic E-state index is 10.7. The fourth-order valence-corrected chi connectivity index (χ4v) is 3.26. The van der Waals surface area contributed by atoms with Crippen molar-refractivity contribution in [3.63, 3.8) is 0 Å². The van der Waals surface area contributed by atoms with Crippen LogP contribution < -0.4 is 0 Å². The van der Waals surface area contributed by atoms with Crippen LogP contribution >= 0.6 is 0 Å². The molecule has 2 nitrogen and oxygen atoms in total. The van der Waals surface area contributed by atoms with Gasteiger partial charge in [0, 0.05) is 0 Å². The maximum Gasteiger partial charge on any atom is 0.0976 e. The summed E-state index contributed by atoms with van der Waals surface area (Å²) in [5.74, 6) is 0.523. The van der Waals surface area contributed by atoms with E-state index in [0.29, 0.717) is 5.92 Å². The lowest BCUT2D eigenvalue weighted by Crippen LogP contribution is -2.33. The molecule has 0 aromatic heterocycles. The van der Waals surface area contributed by atoms with Crippen LogP contribution in [0, 0.1) is 36.5 Å². The van der Waals surface area contributed by atoms with Gasteiger partial charge in [0.25, 0.3) is 0 Å². The summed E-state index contributed by atoms with van der Waals surface area (Å²) in [6, 6.07) is 8.45. The first-order valence-corrected chi connectivity index (χ1v) is 7.15. The molecule has 19 heavy (non-hydrogen) atoms. The first kappa shape index (κ1) is 14.1. The minimum Gasteiger partial charge on any atom is -0.387 e. The van der Waals surface area contributed by atoms with Crippen molar-refractivity contribution in [1.82, 2.24) is 0 Å². The Kier molecular flexibility index (Phi) is 3.96. The Morgan fingerprint density at radius 2 is 2.11 bits per heavy atom. The van der Waals surface area contributed by atoms with Crippen molar-refractivity contribution in [2.75, 3.05) is 0 Å².